The fourth-order valence-corrected chi connectivity index (χ4v) is 1.26. The number of nitrogens with zero attached hydrogens (tertiary/aromatic N) is 1. The summed E-state index contributed by atoms with van der Waals surface area (Å²) >= 11 is 5.64. The third-order valence-electron chi connectivity index (χ3n) is 1.66. The minimum absolute atomic E-state index is 0.0756. The fourth-order valence-electron chi connectivity index (χ4n) is 1.12. The summed E-state index contributed by atoms with van der Waals surface area (Å²) in [4.78, 5) is 14.9. The second kappa shape index (κ2) is 2.75. The molecule has 2 heterocycles. The summed E-state index contributed by atoms with van der Waals surface area (Å²) in [6.45, 7) is 0.111. The topological polar surface area (TPSA) is 39.2 Å². The smallest absolute Gasteiger partial charge is 0.218 e. The minimum Gasteiger partial charge on any atom is -0.469 e. The molecule has 0 unspecified atom stereocenters. The first-order chi connectivity index (χ1) is 5.75. The van der Waals surface area contributed by atoms with E-state index in [1.165, 1.54) is 0 Å². The van der Waals surface area contributed by atoms with E-state index >= 15 is 0 Å². The lowest BCUT2D eigenvalue weighted by molar-refractivity contribution is -0.121. The van der Waals surface area contributed by atoms with E-state index in [0.29, 0.717) is 17.5 Å². The monoisotopic (exact) mass is 183 g/mol. The van der Waals surface area contributed by atoms with Crippen LogP contribution in [0, 0.1) is 0 Å². The number of aromatic nitrogens is 1. The lowest BCUT2D eigenvalue weighted by Crippen LogP contribution is -2.20. The van der Waals surface area contributed by atoms with E-state index in [1.54, 1.807) is 12.1 Å². The maximum atomic E-state index is 10.9. The molecule has 1 aliphatic heterocycles. The molecule has 0 saturated heterocycles. The Bertz CT molecular complexity index is 338. The van der Waals surface area contributed by atoms with Crippen molar-refractivity contribution in [1.82, 2.24) is 4.98 Å². The van der Waals surface area contributed by atoms with Gasteiger partial charge in [-0.3, -0.25) is 4.79 Å². The molecule has 1 aromatic heterocycles. The SMILES string of the molecule is O=C1COc2nc(Cl)ccc2C1. The van der Waals surface area contributed by atoms with Crippen LogP contribution >= 0.6 is 11.6 Å². The van der Waals surface area contributed by atoms with Crippen molar-refractivity contribution in [2.75, 3.05) is 6.61 Å². The van der Waals surface area contributed by atoms with Gasteiger partial charge in [-0.1, -0.05) is 17.7 Å². The number of hydrogen-bond acceptors (Lipinski definition) is 3. The molecule has 1 aliphatic rings. The number of ether oxygens (including phenoxy) is 1. The number of rotatable bonds is 0. The second-order valence-electron chi connectivity index (χ2n) is 2.60. The molecule has 0 saturated carbocycles. The van der Waals surface area contributed by atoms with Crippen LogP contribution < -0.4 is 4.74 Å². The van der Waals surface area contributed by atoms with E-state index in [1.807, 2.05) is 0 Å². The Kier molecular flexibility index (Phi) is 1.73. The van der Waals surface area contributed by atoms with Gasteiger partial charge in [0.05, 0.1) is 0 Å². The highest BCUT2D eigenvalue weighted by Gasteiger charge is 2.17. The summed E-state index contributed by atoms with van der Waals surface area (Å²) in [5.41, 5.74) is 0.815. The first-order valence-corrected chi connectivity index (χ1v) is 3.93. The molecule has 1 aromatic rings. The van der Waals surface area contributed by atoms with Crippen LogP contribution in [0.4, 0.5) is 0 Å². The number of hydrogen-bond donors (Lipinski definition) is 0. The Morgan fingerprint density at radius 3 is 3.17 bits per heavy atom. The summed E-state index contributed by atoms with van der Waals surface area (Å²) in [6, 6.07) is 3.42. The molecule has 4 heteroatoms. The molecule has 0 aliphatic carbocycles. The summed E-state index contributed by atoms with van der Waals surface area (Å²) < 4.78 is 5.07. The fraction of sp³-hybridized carbons (Fsp3) is 0.250. The van der Waals surface area contributed by atoms with Crippen LogP contribution in [-0.4, -0.2) is 17.4 Å². The predicted octanol–water partition coefficient (Wildman–Crippen LogP) is 1.24. The average Bonchev–Trinajstić information content (AvgIpc) is 2.05. The van der Waals surface area contributed by atoms with Crippen molar-refractivity contribution in [1.29, 1.82) is 0 Å². The molecule has 0 N–H and O–H groups in total. The Balaban J connectivity index is 2.43. The highest BCUT2D eigenvalue weighted by molar-refractivity contribution is 6.29. The normalized spacial score (nSPS) is 15.2. The van der Waals surface area contributed by atoms with Crippen molar-refractivity contribution in [2.45, 2.75) is 6.42 Å². The Morgan fingerprint density at radius 1 is 1.50 bits per heavy atom. The maximum absolute atomic E-state index is 10.9. The Labute approximate surface area is 74.3 Å². The van der Waals surface area contributed by atoms with Gasteiger partial charge in [-0.25, -0.2) is 4.98 Å². The second-order valence-corrected chi connectivity index (χ2v) is 2.99. The Hall–Kier alpha value is -1.09. The maximum Gasteiger partial charge on any atom is 0.218 e. The van der Waals surface area contributed by atoms with Gasteiger partial charge in [0.15, 0.2) is 5.78 Å². The van der Waals surface area contributed by atoms with Gasteiger partial charge in [-0.15, -0.1) is 0 Å². The van der Waals surface area contributed by atoms with Crippen LogP contribution in [-0.2, 0) is 11.2 Å². The summed E-state index contributed by atoms with van der Waals surface area (Å²) in [7, 11) is 0. The zero-order chi connectivity index (χ0) is 8.55. The van der Waals surface area contributed by atoms with Gasteiger partial charge in [0.1, 0.15) is 11.8 Å². The number of pyridine rings is 1. The number of carbonyl (C=O) groups excluding carboxylic acids is 1. The van der Waals surface area contributed by atoms with E-state index < -0.39 is 0 Å². The van der Waals surface area contributed by atoms with Crippen LogP contribution in [0.2, 0.25) is 5.15 Å². The number of Topliss-reactive ketones (excluding diaryl/α,β-unsaturated/α-hetero) is 1. The van der Waals surface area contributed by atoms with E-state index in [0.717, 1.165) is 5.56 Å². The molecule has 3 nitrogen and oxygen atoms in total. The summed E-state index contributed by atoms with van der Waals surface area (Å²) in [5, 5.41) is 0.392. The van der Waals surface area contributed by atoms with Crippen LogP contribution in [0.15, 0.2) is 12.1 Å². The molecule has 0 aromatic carbocycles. The molecule has 0 radical (unpaired) electrons. The average molecular weight is 184 g/mol. The van der Waals surface area contributed by atoms with E-state index in [9.17, 15) is 4.79 Å². The molecule has 0 amide bonds. The van der Waals surface area contributed by atoms with Crippen molar-refractivity contribution >= 4 is 17.4 Å². The third kappa shape index (κ3) is 1.28. The van der Waals surface area contributed by atoms with E-state index in [-0.39, 0.29) is 12.4 Å². The first kappa shape index (κ1) is 7.55. The van der Waals surface area contributed by atoms with Gasteiger partial charge >= 0.3 is 0 Å². The van der Waals surface area contributed by atoms with E-state index in [2.05, 4.69) is 4.98 Å². The highest BCUT2D eigenvalue weighted by atomic mass is 35.5. The standard InChI is InChI=1S/C8H6ClNO2/c9-7-2-1-5-3-6(11)4-12-8(5)10-7/h1-2H,3-4H2. The molecule has 0 spiro atoms. The third-order valence-corrected chi connectivity index (χ3v) is 1.87. The van der Waals surface area contributed by atoms with Gasteiger partial charge in [0.2, 0.25) is 5.88 Å². The van der Waals surface area contributed by atoms with Crippen molar-refractivity contribution in [3.63, 3.8) is 0 Å². The quantitative estimate of drug-likeness (QED) is 0.568. The molecule has 2 rings (SSSR count). The molecule has 62 valence electrons. The van der Waals surface area contributed by atoms with Crippen molar-refractivity contribution in [3.8, 4) is 5.88 Å². The molecule has 0 atom stereocenters. The largest absolute Gasteiger partial charge is 0.469 e. The van der Waals surface area contributed by atoms with Crippen molar-refractivity contribution < 1.29 is 9.53 Å². The Morgan fingerprint density at radius 2 is 2.33 bits per heavy atom. The number of fused-ring (bicyclic) bond motifs is 1. The highest BCUT2D eigenvalue weighted by Crippen LogP contribution is 2.22. The van der Waals surface area contributed by atoms with Crippen LogP contribution in [0.5, 0.6) is 5.88 Å². The van der Waals surface area contributed by atoms with Crippen molar-refractivity contribution in [3.05, 3.63) is 22.8 Å². The van der Waals surface area contributed by atoms with Crippen molar-refractivity contribution in [2.24, 2.45) is 0 Å². The van der Waals surface area contributed by atoms with Crippen LogP contribution in [0.1, 0.15) is 5.56 Å². The first-order valence-electron chi connectivity index (χ1n) is 3.55. The summed E-state index contributed by atoms with van der Waals surface area (Å²) in [6.07, 6.45) is 0.402. The molecular formula is C8H6ClNO2. The lowest BCUT2D eigenvalue weighted by atomic mass is 10.1. The van der Waals surface area contributed by atoms with Crippen LogP contribution in [0.25, 0.3) is 0 Å². The van der Waals surface area contributed by atoms with Gasteiger partial charge in [-0.2, -0.15) is 0 Å². The number of halogens is 1. The van der Waals surface area contributed by atoms with Gasteiger partial charge in [-0.05, 0) is 6.07 Å². The van der Waals surface area contributed by atoms with E-state index in [4.69, 9.17) is 16.3 Å². The zero-order valence-corrected chi connectivity index (χ0v) is 6.97. The number of ketones is 1. The van der Waals surface area contributed by atoms with Crippen LogP contribution in [0.3, 0.4) is 0 Å². The van der Waals surface area contributed by atoms with Gasteiger partial charge in [0.25, 0.3) is 0 Å². The minimum atomic E-state index is 0.0756. The molecule has 0 fully saturated rings. The van der Waals surface area contributed by atoms with Gasteiger partial charge in [0, 0.05) is 12.0 Å². The lowest BCUT2D eigenvalue weighted by Gasteiger charge is -2.14. The zero-order valence-electron chi connectivity index (χ0n) is 6.21. The summed E-state index contributed by atoms with van der Waals surface area (Å²) in [5.74, 6) is 0.564. The van der Waals surface area contributed by atoms with Gasteiger partial charge < -0.3 is 4.74 Å². The molecular weight excluding hydrogens is 178 g/mol. The number of carbonyl (C=O) groups is 1. The molecule has 12 heavy (non-hydrogen) atoms. The predicted molar refractivity (Wildman–Crippen MR) is 43.5 cm³/mol. The molecule has 0 bridgehead atoms.